The van der Waals surface area contributed by atoms with Crippen molar-refractivity contribution in [2.45, 2.75) is 33.4 Å². The third kappa shape index (κ3) is 5.33. The van der Waals surface area contributed by atoms with Gasteiger partial charge in [0.1, 0.15) is 0 Å². The van der Waals surface area contributed by atoms with Crippen molar-refractivity contribution in [1.82, 2.24) is 19.7 Å². The molecule has 0 aliphatic carbocycles. The van der Waals surface area contributed by atoms with Gasteiger partial charge in [0, 0.05) is 30.4 Å². The maximum atomic E-state index is 13.3. The monoisotopic (exact) mass is 487 g/mol. The number of rotatable bonds is 6. The minimum atomic E-state index is -0.371. The van der Waals surface area contributed by atoms with Crippen molar-refractivity contribution in [2.75, 3.05) is 18.4 Å². The molecule has 4 aromatic rings. The molecule has 5 rings (SSSR count). The van der Waals surface area contributed by atoms with E-state index < -0.39 is 0 Å². The zero-order chi connectivity index (χ0) is 24.4. The average molecular weight is 488 g/mol. The van der Waals surface area contributed by atoms with Crippen molar-refractivity contribution < 1.29 is 4.79 Å². The third-order valence-corrected chi connectivity index (χ3v) is 7.17. The molecule has 1 amide bonds. The summed E-state index contributed by atoms with van der Waals surface area (Å²) in [6.07, 6.45) is 1.27. The molecule has 35 heavy (non-hydrogen) atoms. The maximum Gasteiger partial charge on any atom is 0.278 e. The summed E-state index contributed by atoms with van der Waals surface area (Å²) in [4.78, 5) is 33.4. The van der Waals surface area contributed by atoms with Gasteiger partial charge in [-0.2, -0.15) is 5.10 Å². The largest absolute Gasteiger partial charge is 0.297 e. The van der Waals surface area contributed by atoms with Gasteiger partial charge >= 0.3 is 0 Å². The zero-order valence-corrected chi connectivity index (χ0v) is 20.8. The summed E-state index contributed by atoms with van der Waals surface area (Å²) in [6.45, 7) is 7.81. The smallest absolute Gasteiger partial charge is 0.278 e. The molecule has 1 aliphatic heterocycles. The standard InChI is InChI=1S/C27H29N5O2S/c1-18-12-19(2)14-31(13-18)16-21-17-35-27(28-21)29-25(33)24-22-10-6-7-11-23(22)26(34)32(30-24)15-20-8-4-3-5-9-20/h3-11,17-19H,12-16H2,1-2H3,(H,28,29,33). The van der Waals surface area contributed by atoms with Crippen LogP contribution in [0.5, 0.6) is 0 Å². The molecule has 2 aromatic carbocycles. The Kier molecular flexibility index (Phi) is 6.74. The first kappa shape index (κ1) is 23.4. The molecule has 0 bridgehead atoms. The summed E-state index contributed by atoms with van der Waals surface area (Å²) in [5.74, 6) is 0.995. The Morgan fingerprint density at radius 1 is 1.00 bits per heavy atom. The molecule has 1 fully saturated rings. The molecule has 1 aliphatic rings. The Balaban J connectivity index is 1.38. The molecule has 1 saturated heterocycles. The first-order valence-electron chi connectivity index (χ1n) is 12.0. The lowest BCUT2D eigenvalue weighted by molar-refractivity contribution is 0.102. The van der Waals surface area contributed by atoms with E-state index in [9.17, 15) is 9.59 Å². The van der Waals surface area contributed by atoms with Crippen LogP contribution in [0.3, 0.4) is 0 Å². The number of carbonyl (C=O) groups is 1. The van der Waals surface area contributed by atoms with Gasteiger partial charge < -0.3 is 0 Å². The van der Waals surface area contributed by atoms with Crippen LogP contribution in [0, 0.1) is 11.8 Å². The predicted octanol–water partition coefficient (Wildman–Crippen LogP) is 4.63. The third-order valence-electron chi connectivity index (χ3n) is 6.36. The van der Waals surface area contributed by atoms with Gasteiger partial charge in [0.25, 0.3) is 11.5 Å². The fraction of sp³-hybridized carbons (Fsp3) is 0.333. The number of piperidine rings is 1. The van der Waals surface area contributed by atoms with Crippen LogP contribution in [0.15, 0.2) is 64.8 Å². The van der Waals surface area contributed by atoms with Crippen LogP contribution in [0.1, 0.15) is 42.0 Å². The first-order valence-corrected chi connectivity index (χ1v) is 12.9. The van der Waals surface area contributed by atoms with Crippen LogP contribution in [0.4, 0.5) is 5.13 Å². The van der Waals surface area contributed by atoms with E-state index in [0.717, 1.165) is 30.9 Å². The summed E-state index contributed by atoms with van der Waals surface area (Å²) in [6, 6.07) is 16.7. The molecular formula is C27H29N5O2S. The molecule has 0 radical (unpaired) electrons. The second-order valence-electron chi connectivity index (χ2n) is 9.58. The topological polar surface area (TPSA) is 80.1 Å². The molecule has 2 unspecified atom stereocenters. The molecule has 2 aromatic heterocycles. The second-order valence-corrected chi connectivity index (χ2v) is 10.4. The summed E-state index contributed by atoms with van der Waals surface area (Å²) in [5.41, 5.74) is 1.89. The van der Waals surface area contributed by atoms with E-state index in [1.165, 1.54) is 22.4 Å². The van der Waals surface area contributed by atoms with Gasteiger partial charge in [0.15, 0.2) is 10.8 Å². The van der Waals surface area contributed by atoms with Gasteiger partial charge in [0.05, 0.1) is 17.6 Å². The number of carbonyl (C=O) groups excluding carboxylic acids is 1. The minimum absolute atomic E-state index is 0.214. The number of fused-ring (bicyclic) bond motifs is 1. The van der Waals surface area contributed by atoms with Crippen molar-refractivity contribution in [3.8, 4) is 0 Å². The molecule has 180 valence electrons. The van der Waals surface area contributed by atoms with E-state index in [1.54, 1.807) is 18.2 Å². The number of amides is 1. The molecule has 0 saturated carbocycles. The highest BCUT2D eigenvalue weighted by Crippen LogP contribution is 2.24. The lowest BCUT2D eigenvalue weighted by Gasteiger charge is -2.34. The summed E-state index contributed by atoms with van der Waals surface area (Å²) < 4.78 is 1.36. The Morgan fingerprint density at radius 3 is 2.43 bits per heavy atom. The molecule has 8 heteroatoms. The van der Waals surface area contributed by atoms with Gasteiger partial charge in [-0.25, -0.2) is 9.67 Å². The Labute approximate surface area is 208 Å². The van der Waals surface area contributed by atoms with Gasteiger partial charge in [0.2, 0.25) is 0 Å². The minimum Gasteiger partial charge on any atom is -0.297 e. The lowest BCUT2D eigenvalue weighted by Crippen LogP contribution is -2.38. The SMILES string of the molecule is CC1CC(C)CN(Cc2csc(NC(=O)c3nn(Cc4ccccc4)c(=O)c4ccccc34)n2)C1. The van der Waals surface area contributed by atoms with Gasteiger partial charge in [-0.05, 0) is 29.9 Å². The molecule has 7 nitrogen and oxygen atoms in total. The van der Waals surface area contributed by atoms with E-state index in [4.69, 9.17) is 0 Å². The first-order chi connectivity index (χ1) is 17.0. The van der Waals surface area contributed by atoms with Crippen LogP contribution in [-0.4, -0.2) is 38.7 Å². The van der Waals surface area contributed by atoms with E-state index in [2.05, 4.69) is 34.1 Å². The van der Waals surface area contributed by atoms with Crippen molar-refractivity contribution in [1.29, 1.82) is 0 Å². The number of nitrogens with one attached hydrogen (secondary N) is 1. The van der Waals surface area contributed by atoms with Crippen LogP contribution in [0.2, 0.25) is 0 Å². The highest BCUT2D eigenvalue weighted by Gasteiger charge is 2.23. The van der Waals surface area contributed by atoms with E-state index >= 15 is 0 Å². The zero-order valence-electron chi connectivity index (χ0n) is 20.0. The van der Waals surface area contributed by atoms with Gasteiger partial charge in [-0.3, -0.25) is 19.8 Å². The molecule has 2 atom stereocenters. The van der Waals surface area contributed by atoms with E-state index in [1.807, 2.05) is 41.8 Å². The summed E-state index contributed by atoms with van der Waals surface area (Å²) >= 11 is 1.41. The van der Waals surface area contributed by atoms with E-state index in [-0.39, 0.29) is 17.2 Å². The van der Waals surface area contributed by atoms with Crippen molar-refractivity contribution in [3.05, 3.63) is 87.3 Å². The number of hydrogen-bond acceptors (Lipinski definition) is 6. The summed E-state index contributed by atoms with van der Waals surface area (Å²) in [7, 11) is 0. The molecular weight excluding hydrogens is 458 g/mol. The normalized spacial score (nSPS) is 18.6. The van der Waals surface area contributed by atoms with Crippen LogP contribution in [0.25, 0.3) is 10.8 Å². The molecule has 3 heterocycles. The second kappa shape index (κ2) is 10.1. The van der Waals surface area contributed by atoms with Crippen molar-refractivity contribution in [3.63, 3.8) is 0 Å². The molecule has 0 spiro atoms. The Bertz CT molecular complexity index is 1390. The number of hydrogen-bond donors (Lipinski definition) is 1. The van der Waals surface area contributed by atoms with Crippen LogP contribution < -0.4 is 10.9 Å². The predicted molar refractivity (Wildman–Crippen MR) is 140 cm³/mol. The number of anilines is 1. The van der Waals surface area contributed by atoms with Crippen molar-refractivity contribution >= 4 is 33.1 Å². The summed E-state index contributed by atoms with van der Waals surface area (Å²) in [5, 5.41) is 10.9. The Morgan fingerprint density at radius 2 is 1.69 bits per heavy atom. The highest BCUT2D eigenvalue weighted by atomic mass is 32.1. The average Bonchev–Trinajstić information content (AvgIpc) is 3.27. The lowest BCUT2D eigenvalue weighted by atomic mass is 9.92. The van der Waals surface area contributed by atoms with Crippen LogP contribution >= 0.6 is 11.3 Å². The molecule has 1 N–H and O–H groups in total. The number of aromatic nitrogens is 3. The number of thiazole rings is 1. The number of benzene rings is 2. The highest BCUT2D eigenvalue weighted by molar-refractivity contribution is 7.14. The van der Waals surface area contributed by atoms with Crippen LogP contribution in [-0.2, 0) is 13.1 Å². The van der Waals surface area contributed by atoms with Gasteiger partial charge in [-0.1, -0.05) is 62.4 Å². The fourth-order valence-corrected chi connectivity index (χ4v) is 5.71. The van der Waals surface area contributed by atoms with Gasteiger partial charge in [-0.15, -0.1) is 11.3 Å². The Hall–Kier alpha value is -3.36. The number of likely N-dealkylation sites (tertiary alicyclic amines) is 1. The van der Waals surface area contributed by atoms with E-state index in [0.29, 0.717) is 34.3 Å². The van der Waals surface area contributed by atoms with Crippen molar-refractivity contribution in [2.24, 2.45) is 11.8 Å². The fourth-order valence-electron chi connectivity index (χ4n) is 5.01. The number of nitrogens with zero attached hydrogens (tertiary/aromatic N) is 4. The quantitative estimate of drug-likeness (QED) is 0.429. The maximum absolute atomic E-state index is 13.3.